The van der Waals surface area contributed by atoms with Crippen molar-refractivity contribution in [2.24, 2.45) is 0 Å². The number of nitrogens with zero attached hydrogens (tertiary/aromatic N) is 4. The van der Waals surface area contributed by atoms with E-state index in [0.29, 0.717) is 21.9 Å². The summed E-state index contributed by atoms with van der Waals surface area (Å²) in [5.41, 5.74) is 1.77. The van der Waals surface area contributed by atoms with Gasteiger partial charge in [-0.25, -0.2) is 13.4 Å². The highest BCUT2D eigenvalue weighted by Crippen LogP contribution is 2.32. The van der Waals surface area contributed by atoms with Gasteiger partial charge in [0.15, 0.2) is 0 Å². The first-order chi connectivity index (χ1) is 15.8. The molecular weight excluding hydrogens is 486 g/mol. The number of pyridine rings is 2. The topological polar surface area (TPSA) is 108 Å². The number of rotatable bonds is 6. The molecule has 0 aliphatic carbocycles. The van der Waals surface area contributed by atoms with E-state index in [4.69, 9.17) is 16.3 Å². The van der Waals surface area contributed by atoms with Gasteiger partial charge < -0.3 is 14.6 Å². The molecule has 5 rings (SSSR count). The number of thiophene rings is 1. The average Bonchev–Trinajstić information content (AvgIpc) is 3.39. The number of nitrogens with one attached hydrogen (secondary N) is 1. The normalized spacial score (nSPS) is 17.9. The number of ether oxygens (including phenoxy) is 1. The van der Waals surface area contributed by atoms with Gasteiger partial charge >= 0.3 is 0 Å². The minimum absolute atomic E-state index is 0.131. The number of hydrogen-bond donors (Lipinski definition) is 1. The molecule has 1 aliphatic heterocycles. The third kappa shape index (κ3) is 4.22. The minimum atomic E-state index is -3.89. The largest absolute Gasteiger partial charge is 0.382 e. The van der Waals surface area contributed by atoms with Crippen LogP contribution < -0.4 is 0 Å². The maximum absolute atomic E-state index is 13.4. The fraction of sp³-hybridized carbons (Fsp3) is 0.286. The van der Waals surface area contributed by atoms with E-state index in [1.54, 1.807) is 35.5 Å². The van der Waals surface area contributed by atoms with Gasteiger partial charge in [0.05, 0.1) is 25.7 Å². The first-order valence-corrected chi connectivity index (χ1v) is 12.7. The van der Waals surface area contributed by atoms with Crippen LogP contribution >= 0.6 is 22.9 Å². The van der Waals surface area contributed by atoms with E-state index in [2.05, 4.69) is 15.0 Å². The molecule has 0 radical (unpaired) electrons. The molecule has 1 fully saturated rings. The second kappa shape index (κ2) is 8.65. The molecule has 33 heavy (non-hydrogen) atoms. The van der Waals surface area contributed by atoms with Crippen LogP contribution in [0.3, 0.4) is 0 Å². The van der Waals surface area contributed by atoms with E-state index in [1.165, 1.54) is 11.4 Å². The molecular formula is C21H20ClN5O4S2. The Bertz CT molecular complexity index is 1420. The molecule has 12 heteroatoms. The maximum atomic E-state index is 13.4. The van der Waals surface area contributed by atoms with Crippen molar-refractivity contribution in [2.45, 2.75) is 16.8 Å². The van der Waals surface area contributed by atoms with Crippen LogP contribution in [0, 0.1) is 0 Å². The van der Waals surface area contributed by atoms with Crippen LogP contribution in [0.4, 0.5) is 0 Å². The van der Waals surface area contributed by atoms with E-state index in [9.17, 15) is 13.2 Å². The Hall–Kier alpha value is -2.57. The Morgan fingerprint density at radius 3 is 2.91 bits per heavy atom. The summed E-state index contributed by atoms with van der Waals surface area (Å²) in [6.07, 6.45) is 3.45. The second-order valence-corrected chi connectivity index (χ2v) is 11.4. The molecule has 1 atom stereocenters. The molecule has 1 amide bonds. The molecule has 0 spiro atoms. The van der Waals surface area contributed by atoms with Crippen molar-refractivity contribution in [3.63, 3.8) is 0 Å². The number of piperazine rings is 1. The van der Waals surface area contributed by atoms with E-state index in [1.807, 2.05) is 12.1 Å². The van der Waals surface area contributed by atoms with Crippen LogP contribution in [0.15, 0.2) is 46.9 Å². The summed E-state index contributed by atoms with van der Waals surface area (Å²) in [6.45, 7) is 0.419. The summed E-state index contributed by atoms with van der Waals surface area (Å²) in [5.74, 6) is -0.286. The highest BCUT2D eigenvalue weighted by Gasteiger charge is 2.39. The van der Waals surface area contributed by atoms with E-state index in [-0.39, 0.29) is 29.8 Å². The van der Waals surface area contributed by atoms with Crippen LogP contribution in [0.5, 0.6) is 0 Å². The van der Waals surface area contributed by atoms with Gasteiger partial charge in [0.1, 0.15) is 14.2 Å². The van der Waals surface area contributed by atoms with Gasteiger partial charge in [0.2, 0.25) is 5.91 Å². The highest BCUT2D eigenvalue weighted by atomic mass is 35.5. The Labute approximate surface area is 199 Å². The van der Waals surface area contributed by atoms with Crippen molar-refractivity contribution < 1.29 is 17.9 Å². The Kier molecular flexibility index (Phi) is 5.83. The molecule has 9 nitrogen and oxygen atoms in total. The summed E-state index contributed by atoms with van der Waals surface area (Å²) in [6, 6.07) is 8.29. The average molecular weight is 506 g/mol. The lowest BCUT2D eigenvalue weighted by Crippen LogP contribution is -2.58. The van der Waals surface area contributed by atoms with E-state index >= 15 is 0 Å². The van der Waals surface area contributed by atoms with Gasteiger partial charge in [-0.3, -0.25) is 9.78 Å². The van der Waals surface area contributed by atoms with Crippen LogP contribution in [0.2, 0.25) is 5.15 Å². The third-order valence-corrected chi connectivity index (χ3v) is 9.10. The molecule has 4 aromatic heterocycles. The number of amides is 1. The monoisotopic (exact) mass is 505 g/mol. The third-order valence-electron chi connectivity index (χ3n) is 5.58. The minimum Gasteiger partial charge on any atom is -0.382 e. The predicted molar refractivity (Wildman–Crippen MR) is 126 cm³/mol. The molecule has 4 aromatic rings. The van der Waals surface area contributed by atoms with Crippen molar-refractivity contribution in [2.75, 3.05) is 26.8 Å². The number of H-pyrrole nitrogens is 1. The Morgan fingerprint density at radius 1 is 1.27 bits per heavy atom. The Balaban J connectivity index is 1.41. The Morgan fingerprint density at radius 2 is 2.12 bits per heavy atom. The quantitative estimate of drug-likeness (QED) is 0.404. The zero-order chi connectivity index (χ0) is 23.2. The number of sulfonamides is 1. The number of carbonyl (C=O) groups is 1. The van der Waals surface area contributed by atoms with Gasteiger partial charge in [0, 0.05) is 48.0 Å². The summed E-state index contributed by atoms with van der Waals surface area (Å²) in [4.78, 5) is 26.9. The molecule has 0 unspecified atom stereocenters. The van der Waals surface area contributed by atoms with Crippen LogP contribution in [0.25, 0.3) is 21.1 Å². The van der Waals surface area contributed by atoms with E-state index in [0.717, 1.165) is 27.9 Å². The first-order valence-electron chi connectivity index (χ1n) is 10.1. The summed E-state index contributed by atoms with van der Waals surface area (Å²) < 4.78 is 33.4. The highest BCUT2D eigenvalue weighted by molar-refractivity contribution is 7.91. The van der Waals surface area contributed by atoms with Gasteiger partial charge in [0.25, 0.3) is 10.0 Å². The number of aromatic amines is 1. The summed E-state index contributed by atoms with van der Waals surface area (Å²) in [5, 5.41) is 1.93. The maximum Gasteiger partial charge on any atom is 0.253 e. The van der Waals surface area contributed by atoms with E-state index < -0.39 is 16.1 Å². The van der Waals surface area contributed by atoms with Gasteiger partial charge in [-0.15, -0.1) is 11.3 Å². The lowest BCUT2D eigenvalue weighted by atomic mass is 10.2. The van der Waals surface area contributed by atoms with Crippen molar-refractivity contribution in [1.29, 1.82) is 0 Å². The molecule has 0 bridgehead atoms. The van der Waals surface area contributed by atoms with Gasteiger partial charge in [-0.1, -0.05) is 11.6 Å². The van der Waals surface area contributed by atoms with Crippen molar-refractivity contribution in [3.8, 4) is 0 Å². The first kappa shape index (κ1) is 22.2. The fourth-order valence-corrected chi connectivity index (χ4v) is 7.12. The van der Waals surface area contributed by atoms with Crippen LogP contribution in [0.1, 0.15) is 5.69 Å². The smallest absolute Gasteiger partial charge is 0.253 e. The van der Waals surface area contributed by atoms with Crippen LogP contribution in [-0.2, 0) is 26.1 Å². The standard InChI is InChI=1S/C21H20ClN5O4S2/c1-31-12-16-10-26(33(29,30)20-7-13-2-3-18(22)25-21(13)32-20)11-19(28)27(16)9-15-6-14-8-23-5-4-17(14)24-15/h2-8,16,24H,9-12H2,1H3/t16-/m1/s1. The van der Waals surface area contributed by atoms with Crippen LogP contribution in [-0.4, -0.2) is 71.3 Å². The molecule has 172 valence electrons. The zero-order valence-corrected chi connectivity index (χ0v) is 20.0. The second-order valence-electron chi connectivity index (χ2n) is 7.78. The number of fused-ring (bicyclic) bond motifs is 2. The number of hydrogen-bond acceptors (Lipinski definition) is 7. The van der Waals surface area contributed by atoms with Crippen molar-refractivity contribution >= 4 is 60.0 Å². The molecule has 0 saturated carbocycles. The van der Waals surface area contributed by atoms with Crippen molar-refractivity contribution in [1.82, 2.24) is 24.2 Å². The molecule has 1 aliphatic rings. The number of halogens is 1. The molecule has 1 N–H and O–H groups in total. The lowest BCUT2D eigenvalue weighted by molar-refractivity contribution is -0.140. The van der Waals surface area contributed by atoms with Gasteiger partial charge in [-0.2, -0.15) is 4.31 Å². The van der Waals surface area contributed by atoms with Crippen molar-refractivity contribution in [3.05, 3.63) is 53.6 Å². The number of aromatic nitrogens is 3. The predicted octanol–water partition coefficient (Wildman–Crippen LogP) is 2.87. The lowest BCUT2D eigenvalue weighted by Gasteiger charge is -2.39. The summed E-state index contributed by atoms with van der Waals surface area (Å²) in [7, 11) is -2.35. The SMILES string of the molecule is COC[C@H]1CN(S(=O)(=O)c2cc3ccc(Cl)nc3s2)CC(=O)N1Cc1cc2cnccc2[nH]1. The fourth-order valence-electron chi connectivity index (χ4n) is 4.01. The summed E-state index contributed by atoms with van der Waals surface area (Å²) >= 11 is 6.98. The molecule has 0 aromatic carbocycles. The number of methoxy groups -OCH3 is 1. The molecule has 5 heterocycles. The molecule has 1 saturated heterocycles. The van der Waals surface area contributed by atoms with Gasteiger partial charge in [-0.05, 0) is 30.3 Å². The zero-order valence-electron chi connectivity index (χ0n) is 17.6. The number of carbonyl (C=O) groups excluding carboxylic acids is 1.